The van der Waals surface area contributed by atoms with E-state index in [1.54, 1.807) is 12.3 Å². The maximum absolute atomic E-state index is 6.02. The molecule has 0 aliphatic heterocycles. The van der Waals surface area contributed by atoms with E-state index in [1.807, 2.05) is 12.1 Å². The molecule has 0 saturated carbocycles. The van der Waals surface area contributed by atoms with Crippen LogP contribution in [0.1, 0.15) is 0 Å². The molecule has 3 nitrogen and oxygen atoms in total. The molecule has 1 N–H and O–H groups in total. The van der Waals surface area contributed by atoms with E-state index in [1.165, 1.54) is 6.20 Å². The van der Waals surface area contributed by atoms with Crippen LogP contribution in [-0.4, -0.2) is 9.97 Å². The Morgan fingerprint density at radius 3 is 2.75 bits per heavy atom. The van der Waals surface area contributed by atoms with Gasteiger partial charge in [0.15, 0.2) is 5.82 Å². The first-order chi connectivity index (χ1) is 7.65. The van der Waals surface area contributed by atoms with Crippen LogP contribution in [0.15, 0.2) is 35.1 Å². The normalized spacial score (nSPS) is 10.2. The molecule has 0 bridgehead atoms. The van der Waals surface area contributed by atoms with Crippen LogP contribution < -0.4 is 5.32 Å². The summed E-state index contributed by atoms with van der Waals surface area (Å²) in [7, 11) is 0. The smallest absolute Gasteiger partial charge is 0.150 e. The first-order valence-electron chi connectivity index (χ1n) is 4.35. The molecule has 0 aliphatic rings. The van der Waals surface area contributed by atoms with Gasteiger partial charge in [0.1, 0.15) is 5.15 Å². The van der Waals surface area contributed by atoms with Gasteiger partial charge >= 0.3 is 0 Å². The van der Waals surface area contributed by atoms with Gasteiger partial charge in [-0.3, -0.25) is 4.98 Å². The Balaban J connectivity index is 2.30. The molecular formula is C10H6BrCl2N3. The number of hydrogen-bond donors (Lipinski definition) is 1. The molecule has 0 radical (unpaired) electrons. The van der Waals surface area contributed by atoms with Gasteiger partial charge in [-0.1, -0.05) is 39.1 Å². The second-order valence-corrected chi connectivity index (χ2v) is 4.69. The highest BCUT2D eigenvalue weighted by Crippen LogP contribution is 2.27. The second-order valence-electron chi connectivity index (χ2n) is 2.98. The van der Waals surface area contributed by atoms with Crippen molar-refractivity contribution in [3.8, 4) is 0 Å². The number of halogens is 3. The number of aromatic nitrogens is 2. The van der Waals surface area contributed by atoms with Crippen LogP contribution in [-0.2, 0) is 0 Å². The van der Waals surface area contributed by atoms with Gasteiger partial charge in [0.25, 0.3) is 0 Å². The van der Waals surface area contributed by atoms with Crippen LogP contribution in [0.25, 0.3) is 0 Å². The summed E-state index contributed by atoms with van der Waals surface area (Å²) >= 11 is 15.1. The van der Waals surface area contributed by atoms with Crippen LogP contribution in [0.3, 0.4) is 0 Å². The first kappa shape index (κ1) is 11.6. The minimum Gasteiger partial charge on any atom is -0.338 e. The van der Waals surface area contributed by atoms with Gasteiger partial charge in [-0.25, -0.2) is 4.98 Å². The molecule has 82 valence electrons. The molecular weight excluding hydrogens is 313 g/mol. The zero-order chi connectivity index (χ0) is 11.5. The zero-order valence-electron chi connectivity index (χ0n) is 7.92. The first-order valence-corrected chi connectivity index (χ1v) is 5.89. The Morgan fingerprint density at radius 1 is 1.19 bits per heavy atom. The predicted octanol–water partition coefficient (Wildman–Crippen LogP) is 4.29. The van der Waals surface area contributed by atoms with Crippen molar-refractivity contribution in [2.24, 2.45) is 0 Å². The quantitative estimate of drug-likeness (QED) is 0.897. The summed E-state index contributed by atoms with van der Waals surface area (Å²) in [5, 5.41) is 3.97. The number of hydrogen-bond acceptors (Lipinski definition) is 3. The summed E-state index contributed by atoms with van der Waals surface area (Å²) in [6, 6.07) is 5.49. The molecule has 1 heterocycles. The highest BCUT2D eigenvalue weighted by molar-refractivity contribution is 9.10. The Kier molecular flexibility index (Phi) is 3.63. The Bertz CT molecular complexity index is 519. The van der Waals surface area contributed by atoms with Crippen LogP contribution in [0, 0.1) is 0 Å². The van der Waals surface area contributed by atoms with E-state index in [-0.39, 0.29) is 0 Å². The summed E-state index contributed by atoms with van der Waals surface area (Å²) < 4.78 is 0.925. The van der Waals surface area contributed by atoms with E-state index < -0.39 is 0 Å². The Hall–Kier alpha value is -0.840. The van der Waals surface area contributed by atoms with Crippen molar-refractivity contribution in [1.29, 1.82) is 0 Å². The van der Waals surface area contributed by atoms with Crippen molar-refractivity contribution in [2.75, 3.05) is 5.32 Å². The predicted molar refractivity (Wildman–Crippen MR) is 69.5 cm³/mol. The maximum atomic E-state index is 6.02. The standard InChI is InChI=1S/C10H6BrCl2N3/c11-6-1-2-7(12)8(3-6)15-10-5-14-4-9(13)16-10/h1-5H,(H,15,16). The SMILES string of the molecule is Clc1cncc(Nc2cc(Br)ccc2Cl)n1. The maximum Gasteiger partial charge on any atom is 0.150 e. The number of rotatable bonds is 2. The minimum absolute atomic E-state index is 0.330. The molecule has 0 fully saturated rings. The molecule has 2 rings (SSSR count). The molecule has 2 aromatic rings. The van der Waals surface area contributed by atoms with Crippen molar-refractivity contribution in [2.45, 2.75) is 0 Å². The fourth-order valence-corrected chi connectivity index (χ4v) is 1.81. The average Bonchev–Trinajstić information content (AvgIpc) is 2.24. The number of nitrogens with zero attached hydrogens (tertiary/aromatic N) is 2. The van der Waals surface area contributed by atoms with Crippen molar-refractivity contribution in [3.63, 3.8) is 0 Å². The molecule has 1 aromatic heterocycles. The van der Waals surface area contributed by atoms with Crippen molar-refractivity contribution >= 4 is 50.6 Å². The van der Waals surface area contributed by atoms with E-state index in [9.17, 15) is 0 Å². The fraction of sp³-hybridized carbons (Fsp3) is 0. The second kappa shape index (κ2) is 4.99. The van der Waals surface area contributed by atoms with Gasteiger partial charge in [0.2, 0.25) is 0 Å². The zero-order valence-corrected chi connectivity index (χ0v) is 11.0. The summed E-state index contributed by atoms with van der Waals surface area (Å²) in [5.41, 5.74) is 0.743. The molecule has 0 atom stereocenters. The highest BCUT2D eigenvalue weighted by Gasteiger charge is 2.03. The minimum atomic E-state index is 0.330. The molecule has 0 unspecified atom stereocenters. The Morgan fingerprint density at radius 2 is 2.00 bits per heavy atom. The molecule has 6 heteroatoms. The van der Waals surface area contributed by atoms with E-state index in [4.69, 9.17) is 23.2 Å². The third-order valence-corrected chi connectivity index (χ3v) is 2.80. The van der Waals surface area contributed by atoms with E-state index in [0.717, 1.165) is 10.2 Å². The van der Waals surface area contributed by atoms with Crippen molar-refractivity contribution in [1.82, 2.24) is 9.97 Å². The number of benzene rings is 1. The lowest BCUT2D eigenvalue weighted by atomic mass is 10.3. The molecule has 0 spiro atoms. The molecule has 0 aliphatic carbocycles. The number of anilines is 2. The van der Waals surface area contributed by atoms with Gasteiger partial charge in [0, 0.05) is 4.47 Å². The van der Waals surface area contributed by atoms with Crippen molar-refractivity contribution < 1.29 is 0 Å². The third kappa shape index (κ3) is 2.84. The topological polar surface area (TPSA) is 37.8 Å². The molecule has 0 amide bonds. The number of nitrogens with one attached hydrogen (secondary N) is 1. The summed E-state index contributed by atoms with van der Waals surface area (Å²) in [6.07, 6.45) is 3.04. The summed E-state index contributed by atoms with van der Waals surface area (Å²) in [4.78, 5) is 7.98. The summed E-state index contributed by atoms with van der Waals surface area (Å²) in [5.74, 6) is 0.549. The van der Waals surface area contributed by atoms with Gasteiger partial charge < -0.3 is 5.32 Å². The highest BCUT2D eigenvalue weighted by atomic mass is 79.9. The van der Waals surface area contributed by atoms with Crippen molar-refractivity contribution in [3.05, 3.63) is 45.2 Å². The van der Waals surface area contributed by atoms with Crippen LogP contribution in [0.2, 0.25) is 10.2 Å². The van der Waals surface area contributed by atoms with Crippen LogP contribution >= 0.6 is 39.1 Å². The lowest BCUT2D eigenvalue weighted by molar-refractivity contribution is 1.20. The Labute approximate surface area is 111 Å². The monoisotopic (exact) mass is 317 g/mol. The lowest BCUT2D eigenvalue weighted by Crippen LogP contribution is -1.95. The van der Waals surface area contributed by atoms with Gasteiger partial charge in [0.05, 0.1) is 23.1 Å². The third-order valence-electron chi connectivity index (χ3n) is 1.80. The molecule has 0 saturated heterocycles. The van der Waals surface area contributed by atoms with E-state index >= 15 is 0 Å². The van der Waals surface area contributed by atoms with E-state index in [0.29, 0.717) is 16.0 Å². The van der Waals surface area contributed by atoms with Gasteiger partial charge in [-0.05, 0) is 18.2 Å². The molecule has 16 heavy (non-hydrogen) atoms. The molecule has 1 aromatic carbocycles. The van der Waals surface area contributed by atoms with Crippen LogP contribution in [0.5, 0.6) is 0 Å². The fourth-order valence-electron chi connectivity index (χ4n) is 1.13. The van der Waals surface area contributed by atoms with Gasteiger partial charge in [-0.15, -0.1) is 0 Å². The summed E-state index contributed by atoms with van der Waals surface area (Å²) in [6.45, 7) is 0. The lowest BCUT2D eigenvalue weighted by Gasteiger charge is -2.07. The van der Waals surface area contributed by atoms with E-state index in [2.05, 4.69) is 31.2 Å². The van der Waals surface area contributed by atoms with Gasteiger partial charge in [-0.2, -0.15) is 0 Å². The largest absolute Gasteiger partial charge is 0.338 e. The van der Waals surface area contributed by atoms with Crippen LogP contribution in [0.4, 0.5) is 11.5 Å². The average molecular weight is 319 g/mol.